The number of carbonyl (C=O) groups is 1. The van der Waals surface area contributed by atoms with E-state index in [0.29, 0.717) is 17.9 Å². The Morgan fingerprint density at radius 3 is 2.57 bits per heavy atom. The van der Waals surface area contributed by atoms with E-state index in [2.05, 4.69) is 10.3 Å². The summed E-state index contributed by atoms with van der Waals surface area (Å²) in [5.41, 5.74) is 2.19. The van der Waals surface area contributed by atoms with Crippen molar-refractivity contribution in [2.45, 2.75) is 6.42 Å². The SMILES string of the molecule is CN(C)C(=O)Cc1ccc(Nc2cccc(C#N)n2)cc1. The Morgan fingerprint density at radius 2 is 1.95 bits per heavy atom. The van der Waals surface area contributed by atoms with Crippen LogP contribution in [0.5, 0.6) is 0 Å². The van der Waals surface area contributed by atoms with Crippen LogP contribution in [-0.2, 0) is 11.2 Å². The summed E-state index contributed by atoms with van der Waals surface area (Å²) < 4.78 is 0. The van der Waals surface area contributed by atoms with Crippen LogP contribution in [0.4, 0.5) is 11.5 Å². The topological polar surface area (TPSA) is 69.0 Å². The maximum atomic E-state index is 11.6. The van der Waals surface area contributed by atoms with E-state index in [1.165, 1.54) is 0 Å². The molecule has 0 aliphatic carbocycles. The van der Waals surface area contributed by atoms with Crippen molar-refractivity contribution in [1.29, 1.82) is 5.26 Å². The van der Waals surface area contributed by atoms with Crippen molar-refractivity contribution in [3.63, 3.8) is 0 Å². The molecule has 0 saturated carbocycles. The highest BCUT2D eigenvalue weighted by atomic mass is 16.2. The van der Waals surface area contributed by atoms with Crippen LogP contribution in [0, 0.1) is 11.3 Å². The Hall–Kier alpha value is -2.87. The van der Waals surface area contributed by atoms with Gasteiger partial charge in [-0.2, -0.15) is 5.26 Å². The zero-order chi connectivity index (χ0) is 15.2. The highest BCUT2D eigenvalue weighted by molar-refractivity contribution is 5.78. The van der Waals surface area contributed by atoms with Crippen LogP contribution in [0.25, 0.3) is 0 Å². The minimum atomic E-state index is 0.0686. The molecule has 5 nitrogen and oxygen atoms in total. The highest BCUT2D eigenvalue weighted by Crippen LogP contribution is 2.16. The summed E-state index contributed by atoms with van der Waals surface area (Å²) >= 11 is 0. The van der Waals surface area contributed by atoms with Crippen molar-refractivity contribution in [2.24, 2.45) is 0 Å². The van der Waals surface area contributed by atoms with Crippen molar-refractivity contribution in [3.8, 4) is 6.07 Å². The van der Waals surface area contributed by atoms with Gasteiger partial charge in [0.1, 0.15) is 17.6 Å². The number of hydrogen-bond donors (Lipinski definition) is 1. The molecule has 1 N–H and O–H groups in total. The van der Waals surface area contributed by atoms with Crippen molar-refractivity contribution in [3.05, 3.63) is 53.7 Å². The van der Waals surface area contributed by atoms with Crippen LogP contribution in [0.3, 0.4) is 0 Å². The standard InChI is InChI=1S/C16H16N4O/c1-20(2)16(21)10-12-6-8-13(9-7-12)18-15-5-3-4-14(11-17)19-15/h3-9H,10H2,1-2H3,(H,18,19). The molecule has 5 heteroatoms. The Kier molecular flexibility index (Phi) is 4.52. The second-order valence-corrected chi connectivity index (χ2v) is 4.81. The number of nitrogens with zero attached hydrogens (tertiary/aromatic N) is 3. The third-order valence-corrected chi connectivity index (χ3v) is 2.94. The molecule has 0 fully saturated rings. The second-order valence-electron chi connectivity index (χ2n) is 4.81. The monoisotopic (exact) mass is 280 g/mol. The minimum Gasteiger partial charge on any atom is -0.349 e. The molecule has 0 bridgehead atoms. The Labute approximate surface area is 123 Å². The first kappa shape index (κ1) is 14.5. The van der Waals surface area contributed by atoms with E-state index in [9.17, 15) is 4.79 Å². The van der Waals surface area contributed by atoms with Gasteiger partial charge in [0.2, 0.25) is 5.91 Å². The van der Waals surface area contributed by atoms with Gasteiger partial charge in [-0.15, -0.1) is 0 Å². The quantitative estimate of drug-likeness (QED) is 0.933. The molecule has 0 radical (unpaired) electrons. The number of carbonyl (C=O) groups excluding carboxylic acids is 1. The molecule has 1 aromatic carbocycles. The number of hydrogen-bond acceptors (Lipinski definition) is 4. The van der Waals surface area contributed by atoms with Gasteiger partial charge in [0.15, 0.2) is 0 Å². The lowest BCUT2D eigenvalue weighted by Crippen LogP contribution is -2.23. The fourth-order valence-corrected chi connectivity index (χ4v) is 1.75. The average Bonchev–Trinajstić information content (AvgIpc) is 2.49. The van der Waals surface area contributed by atoms with Gasteiger partial charge < -0.3 is 10.2 Å². The van der Waals surface area contributed by atoms with Gasteiger partial charge in [-0.25, -0.2) is 4.98 Å². The molecule has 0 atom stereocenters. The largest absolute Gasteiger partial charge is 0.349 e. The summed E-state index contributed by atoms with van der Waals surface area (Å²) in [4.78, 5) is 17.3. The molecule has 21 heavy (non-hydrogen) atoms. The minimum absolute atomic E-state index is 0.0686. The zero-order valence-electron chi connectivity index (χ0n) is 12.0. The first-order valence-corrected chi connectivity index (χ1v) is 6.52. The lowest BCUT2D eigenvalue weighted by molar-refractivity contribution is -0.127. The first-order valence-electron chi connectivity index (χ1n) is 6.52. The normalized spacial score (nSPS) is 9.76. The summed E-state index contributed by atoms with van der Waals surface area (Å²) in [6.07, 6.45) is 0.384. The first-order chi connectivity index (χ1) is 10.1. The Balaban J connectivity index is 2.05. The Bertz CT molecular complexity index is 671. The van der Waals surface area contributed by atoms with Crippen LogP contribution >= 0.6 is 0 Å². The lowest BCUT2D eigenvalue weighted by atomic mass is 10.1. The number of pyridine rings is 1. The molecule has 1 heterocycles. The van der Waals surface area contributed by atoms with Crippen molar-refractivity contribution in [2.75, 3.05) is 19.4 Å². The van der Waals surface area contributed by atoms with E-state index in [1.54, 1.807) is 37.2 Å². The molecule has 106 valence electrons. The Morgan fingerprint density at radius 1 is 1.24 bits per heavy atom. The molecule has 1 amide bonds. The number of nitrogens with one attached hydrogen (secondary N) is 1. The van der Waals surface area contributed by atoms with Crippen molar-refractivity contribution < 1.29 is 4.79 Å². The van der Waals surface area contributed by atoms with Crippen molar-refractivity contribution in [1.82, 2.24) is 9.88 Å². The van der Waals surface area contributed by atoms with Crippen molar-refractivity contribution >= 4 is 17.4 Å². The molecule has 0 unspecified atom stereocenters. The summed E-state index contributed by atoms with van der Waals surface area (Å²) in [5.74, 6) is 0.685. The molecular weight excluding hydrogens is 264 g/mol. The van der Waals surface area contributed by atoms with E-state index in [4.69, 9.17) is 5.26 Å². The number of amides is 1. The number of anilines is 2. The average molecular weight is 280 g/mol. The van der Waals surface area contributed by atoms with Crippen LogP contribution in [0.1, 0.15) is 11.3 Å². The van der Waals surface area contributed by atoms with Crippen LogP contribution in [-0.4, -0.2) is 29.9 Å². The van der Waals surface area contributed by atoms with Gasteiger partial charge >= 0.3 is 0 Å². The molecule has 2 aromatic rings. The maximum Gasteiger partial charge on any atom is 0.226 e. The lowest BCUT2D eigenvalue weighted by Gasteiger charge is -2.10. The molecule has 1 aromatic heterocycles. The fraction of sp³-hybridized carbons (Fsp3) is 0.188. The van der Waals surface area contributed by atoms with Gasteiger partial charge in [-0.3, -0.25) is 4.79 Å². The molecular formula is C16H16N4O. The molecule has 0 aliphatic rings. The van der Waals surface area contributed by atoms with Gasteiger partial charge in [0.05, 0.1) is 6.42 Å². The van der Waals surface area contributed by atoms with Crippen LogP contribution < -0.4 is 5.32 Å². The van der Waals surface area contributed by atoms with Crippen LogP contribution in [0.15, 0.2) is 42.5 Å². The smallest absolute Gasteiger partial charge is 0.226 e. The number of rotatable bonds is 4. The van der Waals surface area contributed by atoms with E-state index in [-0.39, 0.29) is 5.91 Å². The molecule has 0 aliphatic heterocycles. The van der Waals surface area contributed by atoms with Crippen LogP contribution in [0.2, 0.25) is 0 Å². The predicted molar refractivity (Wildman–Crippen MR) is 81.1 cm³/mol. The summed E-state index contributed by atoms with van der Waals surface area (Å²) in [7, 11) is 3.48. The van der Waals surface area contributed by atoms with E-state index in [1.807, 2.05) is 30.3 Å². The summed E-state index contributed by atoms with van der Waals surface area (Å²) in [5, 5.41) is 11.9. The number of aromatic nitrogens is 1. The van der Waals surface area contributed by atoms with E-state index < -0.39 is 0 Å². The number of nitriles is 1. The molecule has 0 saturated heterocycles. The number of benzene rings is 1. The van der Waals surface area contributed by atoms with Gasteiger partial charge in [0.25, 0.3) is 0 Å². The fourth-order valence-electron chi connectivity index (χ4n) is 1.75. The molecule has 2 rings (SSSR count). The third kappa shape index (κ3) is 4.05. The van der Waals surface area contributed by atoms with Gasteiger partial charge in [-0.05, 0) is 29.8 Å². The van der Waals surface area contributed by atoms with Gasteiger partial charge in [-0.1, -0.05) is 18.2 Å². The van der Waals surface area contributed by atoms with E-state index >= 15 is 0 Å². The van der Waals surface area contributed by atoms with E-state index in [0.717, 1.165) is 11.3 Å². The second kappa shape index (κ2) is 6.53. The van der Waals surface area contributed by atoms with Gasteiger partial charge in [0, 0.05) is 19.8 Å². The zero-order valence-corrected chi connectivity index (χ0v) is 12.0. The summed E-state index contributed by atoms with van der Waals surface area (Å²) in [6, 6.07) is 14.8. The third-order valence-electron chi connectivity index (χ3n) is 2.94. The molecule has 0 spiro atoms. The summed E-state index contributed by atoms with van der Waals surface area (Å²) in [6.45, 7) is 0. The predicted octanol–water partition coefficient (Wildman–Crippen LogP) is 2.33. The number of likely N-dealkylation sites (N-methyl/N-ethyl adjacent to an activating group) is 1. The highest BCUT2D eigenvalue weighted by Gasteiger charge is 2.05. The maximum absolute atomic E-state index is 11.6.